The summed E-state index contributed by atoms with van der Waals surface area (Å²) in [6.45, 7) is 3.50. The number of rotatable bonds is 7. The van der Waals surface area contributed by atoms with Crippen LogP contribution in [0.3, 0.4) is 0 Å². The second-order valence-electron chi connectivity index (χ2n) is 5.83. The highest BCUT2D eigenvalue weighted by molar-refractivity contribution is 8.18. The van der Waals surface area contributed by atoms with Gasteiger partial charge in [-0.15, -0.1) is 30.1 Å². The summed E-state index contributed by atoms with van der Waals surface area (Å²) >= 11 is 2.93. The summed E-state index contributed by atoms with van der Waals surface area (Å²) in [5, 5.41) is 18.9. The van der Waals surface area contributed by atoms with Gasteiger partial charge in [-0.2, -0.15) is 0 Å². The molecule has 0 aromatic carbocycles. The fourth-order valence-electron chi connectivity index (χ4n) is 3.17. The quantitative estimate of drug-likeness (QED) is 0.545. The predicted molar refractivity (Wildman–Crippen MR) is 92.3 cm³/mol. The Balaban J connectivity index is 1.89. The zero-order valence-corrected chi connectivity index (χ0v) is 14.8. The second kappa shape index (κ2) is 6.45. The number of aromatic nitrogens is 2. The summed E-state index contributed by atoms with van der Waals surface area (Å²) < 4.78 is 1.16. The van der Waals surface area contributed by atoms with Crippen molar-refractivity contribution in [1.82, 2.24) is 14.5 Å². The van der Waals surface area contributed by atoms with Crippen LogP contribution >= 0.6 is 23.5 Å². The molecule has 2 aliphatic rings. The van der Waals surface area contributed by atoms with Crippen molar-refractivity contribution in [2.75, 3.05) is 6.61 Å². The maximum Gasteiger partial charge on any atom is 0.328 e. The fourth-order valence-corrected chi connectivity index (χ4v) is 6.85. The van der Waals surface area contributed by atoms with Crippen molar-refractivity contribution in [3.8, 4) is 0 Å². The van der Waals surface area contributed by atoms with E-state index in [-0.39, 0.29) is 17.9 Å². The number of carboxylic acids is 1. The number of carbonyl (C=O) groups excluding carboxylic acids is 1. The molecule has 0 aliphatic carbocycles. The van der Waals surface area contributed by atoms with Gasteiger partial charge in [0.15, 0.2) is 6.04 Å². The fraction of sp³-hybridized carbons (Fsp3) is 0.533. The second-order valence-corrected chi connectivity index (χ2v) is 8.84. The van der Waals surface area contributed by atoms with Gasteiger partial charge in [0.2, 0.25) is 5.91 Å². The highest BCUT2D eigenvalue weighted by Crippen LogP contribution is 2.60. The Kier molecular flexibility index (Phi) is 4.67. The Hall–Kier alpha value is -1.45. The number of hydrogen-bond donors (Lipinski definition) is 2. The van der Waals surface area contributed by atoms with Crippen LogP contribution in [0.4, 0.5) is 0 Å². The number of allylic oxidation sites excluding steroid dienone is 1. The third-order valence-corrected chi connectivity index (χ3v) is 7.94. The van der Waals surface area contributed by atoms with Crippen molar-refractivity contribution >= 4 is 35.4 Å². The van der Waals surface area contributed by atoms with E-state index in [0.717, 1.165) is 5.82 Å². The van der Waals surface area contributed by atoms with Gasteiger partial charge in [-0.1, -0.05) is 6.08 Å². The van der Waals surface area contributed by atoms with Gasteiger partial charge in [0.25, 0.3) is 0 Å². The average Bonchev–Trinajstić information content (AvgIpc) is 3.06. The molecule has 130 valence electrons. The summed E-state index contributed by atoms with van der Waals surface area (Å²) in [5.41, 5.74) is 0. The molecule has 0 bridgehead atoms. The molecule has 2 fully saturated rings. The van der Waals surface area contributed by atoms with Crippen molar-refractivity contribution in [3.63, 3.8) is 0 Å². The van der Waals surface area contributed by atoms with E-state index in [1.807, 2.05) is 17.8 Å². The van der Waals surface area contributed by atoms with E-state index in [1.54, 1.807) is 12.3 Å². The normalized spacial score (nSPS) is 31.7. The minimum Gasteiger partial charge on any atom is -0.480 e. The number of aryl methyl sites for hydroxylation is 1. The van der Waals surface area contributed by atoms with Crippen LogP contribution in [-0.4, -0.2) is 58.6 Å². The van der Waals surface area contributed by atoms with Gasteiger partial charge >= 0.3 is 5.97 Å². The number of hydrogen-bond acceptors (Lipinski definition) is 6. The molecule has 3 rings (SSSR count). The SMILES string of the molecule is C=CCC1(SCc2nccn2C)S[C@@H]2C(CO)C(=O)N2C1C(=O)O. The number of amides is 1. The first-order chi connectivity index (χ1) is 11.4. The summed E-state index contributed by atoms with van der Waals surface area (Å²) in [7, 11) is 1.89. The number of β-lactam (4-membered cyclic amide) rings is 1. The topological polar surface area (TPSA) is 95.7 Å². The number of carbonyl (C=O) groups is 2. The third kappa shape index (κ3) is 2.55. The highest BCUT2D eigenvalue weighted by Gasteiger charge is 2.66. The monoisotopic (exact) mass is 369 g/mol. The molecule has 1 amide bonds. The van der Waals surface area contributed by atoms with E-state index in [2.05, 4.69) is 11.6 Å². The van der Waals surface area contributed by atoms with Crippen LogP contribution in [0, 0.1) is 5.92 Å². The first-order valence-electron chi connectivity index (χ1n) is 7.50. The molecular weight excluding hydrogens is 350 g/mol. The maximum absolute atomic E-state index is 12.2. The summed E-state index contributed by atoms with van der Waals surface area (Å²) in [6, 6.07) is -0.939. The van der Waals surface area contributed by atoms with Gasteiger partial charge in [-0.25, -0.2) is 9.78 Å². The lowest BCUT2D eigenvalue weighted by molar-refractivity contribution is -0.164. The molecule has 1 aromatic rings. The van der Waals surface area contributed by atoms with Crippen LogP contribution in [0.25, 0.3) is 0 Å². The van der Waals surface area contributed by atoms with Crippen LogP contribution in [0.2, 0.25) is 0 Å². The van der Waals surface area contributed by atoms with E-state index in [0.29, 0.717) is 12.2 Å². The van der Waals surface area contributed by atoms with Gasteiger partial charge in [0.05, 0.1) is 27.7 Å². The standard InChI is InChI=1S/C15H19N3O4S2/c1-3-4-15(23-8-10-16-5-6-17(10)2)11(14(21)22)18-12(20)9(7-19)13(18)24-15/h3,5-6,9,11,13,19H,1,4,7-8H2,2H3,(H,21,22)/t9?,11?,13-,15?/m1/s1. The molecular formula is C15H19N3O4S2. The van der Waals surface area contributed by atoms with E-state index in [9.17, 15) is 19.8 Å². The lowest BCUT2D eigenvalue weighted by Crippen LogP contribution is -2.63. The van der Waals surface area contributed by atoms with E-state index >= 15 is 0 Å². The lowest BCUT2D eigenvalue weighted by atomic mass is 9.95. The number of carboxylic acid groups (broad SMARTS) is 1. The Morgan fingerprint density at radius 2 is 2.38 bits per heavy atom. The van der Waals surface area contributed by atoms with Crippen molar-refractivity contribution in [1.29, 1.82) is 0 Å². The summed E-state index contributed by atoms with van der Waals surface area (Å²) in [6.07, 6.45) is 5.68. The Labute approximate surface area is 148 Å². The van der Waals surface area contributed by atoms with E-state index < -0.39 is 22.0 Å². The predicted octanol–water partition coefficient (Wildman–Crippen LogP) is 0.902. The van der Waals surface area contributed by atoms with Crippen LogP contribution in [0.1, 0.15) is 12.2 Å². The van der Waals surface area contributed by atoms with Crippen molar-refractivity contribution in [2.24, 2.45) is 13.0 Å². The van der Waals surface area contributed by atoms with E-state index in [1.165, 1.54) is 28.4 Å². The number of aliphatic hydroxyl groups excluding tert-OH is 1. The molecule has 7 nitrogen and oxygen atoms in total. The van der Waals surface area contributed by atoms with Crippen LogP contribution < -0.4 is 0 Å². The minimum absolute atomic E-state index is 0.256. The highest BCUT2D eigenvalue weighted by atomic mass is 32.2. The maximum atomic E-state index is 12.2. The first-order valence-corrected chi connectivity index (χ1v) is 9.36. The Bertz CT molecular complexity index is 679. The first kappa shape index (κ1) is 17.4. The molecule has 2 N–H and O–H groups in total. The number of fused-ring (bicyclic) bond motifs is 1. The van der Waals surface area contributed by atoms with Crippen LogP contribution in [0.15, 0.2) is 25.0 Å². The molecule has 0 saturated carbocycles. The van der Waals surface area contributed by atoms with Gasteiger partial charge < -0.3 is 19.7 Å². The van der Waals surface area contributed by atoms with E-state index in [4.69, 9.17) is 0 Å². The molecule has 9 heteroatoms. The molecule has 24 heavy (non-hydrogen) atoms. The molecule has 2 saturated heterocycles. The zero-order valence-electron chi connectivity index (χ0n) is 13.2. The van der Waals surface area contributed by atoms with Crippen molar-refractivity contribution < 1.29 is 19.8 Å². The number of aliphatic carboxylic acids is 1. The molecule has 4 atom stereocenters. The summed E-state index contributed by atoms with van der Waals surface area (Å²) in [5.74, 6) is -0.452. The number of nitrogens with zero attached hydrogens (tertiary/aromatic N) is 3. The van der Waals surface area contributed by atoms with Crippen LogP contribution in [0.5, 0.6) is 0 Å². The molecule has 0 spiro atoms. The van der Waals surface area contributed by atoms with Crippen LogP contribution in [-0.2, 0) is 22.4 Å². The molecule has 3 heterocycles. The van der Waals surface area contributed by atoms with Crippen molar-refractivity contribution in [3.05, 3.63) is 30.9 Å². The zero-order chi connectivity index (χ0) is 17.5. The molecule has 2 aliphatic heterocycles. The van der Waals surface area contributed by atoms with Gasteiger partial charge in [-0.3, -0.25) is 4.79 Å². The summed E-state index contributed by atoms with van der Waals surface area (Å²) in [4.78, 5) is 29.8. The number of thioether (sulfide) groups is 2. The average molecular weight is 369 g/mol. The minimum atomic E-state index is -1.02. The van der Waals surface area contributed by atoms with Gasteiger partial charge in [0, 0.05) is 19.4 Å². The van der Waals surface area contributed by atoms with Gasteiger partial charge in [0.1, 0.15) is 5.82 Å². The van der Waals surface area contributed by atoms with Crippen molar-refractivity contribution in [2.45, 2.75) is 27.7 Å². The molecule has 1 aromatic heterocycles. The Morgan fingerprint density at radius 3 is 2.92 bits per heavy atom. The third-order valence-electron chi connectivity index (χ3n) is 4.43. The lowest BCUT2D eigenvalue weighted by Gasteiger charge is -2.42. The number of imidazole rings is 1. The smallest absolute Gasteiger partial charge is 0.328 e. The molecule has 3 unspecified atom stereocenters. The number of aliphatic hydroxyl groups is 1. The Morgan fingerprint density at radius 1 is 1.62 bits per heavy atom. The largest absolute Gasteiger partial charge is 0.480 e. The van der Waals surface area contributed by atoms with Gasteiger partial charge in [-0.05, 0) is 6.42 Å². The molecule has 0 radical (unpaired) electrons.